The summed E-state index contributed by atoms with van der Waals surface area (Å²) in [6.07, 6.45) is -3.37. The Labute approximate surface area is 160 Å². The van der Waals surface area contributed by atoms with Gasteiger partial charge >= 0.3 is 6.09 Å². The number of nitro groups is 1. The number of rotatable bonds is 8. The summed E-state index contributed by atoms with van der Waals surface area (Å²) in [5.74, 6) is 0. The predicted molar refractivity (Wildman–Crippen MR) is 98.3 cm³/mol. The first-order valence-corrected chi connectivity index (χ1v) is 8.51. The maximum absolute atomic E-state index is 11.6. The van der Waals surface area contributed by atoms with Gasteiger partial charge in [-0.1, -0.05) is 41.9 Å². The molecule has 0 bridgehead atoms. The summed E-state index contributed by atoms with van der Waals surface area (Å²) in [5, 5.41) is 33.7. The lowest BCUT2D eigenvalue weighted by Crippen LogP contribution is -2.29. The maximum atomic E-state index is 11.6. The monoisotopic (exact) mass is 394 g/mol. The Kier molecular flexibility index (Phi) is 7.54. The summed E-state index contributed by atoms with van der Waals surface area (Å²) >= 11 is 5.94. The quantitative estimate of drug-likeness (QED) is 0.467. The highest BCUT2D eigenvalue weighted by Crippen LogP contribution is 2.29. The van der Waals surface area contributed by atoms with Crippen molar-refractivity contribution in [3.8, 4) is 0 Å². The van der Waals surface area contributed by atoms with Crippen LogP contribution in [0.15, 0.2) is 48.5 Å². The Balaban J connectivity index is 1.81. The van der Waals surface area contributed by atoms with Crippen LogP contribution in [0, 0.1) is 10.1 Å². The van der Waals surface area contributed by atoms with E-state index in [4.69, 9.17) is 16.3 Å². The highest BCUT2D eigenvalue weighted by molar-refractivity contribution is 6.31. The number of aliphatic hydroxyl groups is 2. The van der Waals surface area contributed by atoms with Crippen molar-refractivity contribution in [2.75, 3.05) is 6.54 Å². The molecule has 0 aliphatic carbocycles. The molecule has 2 aromatic rings. The molecule has 0 radical (unpaired) electrons. The number of amides is 1. The largest absolute Gasteiger partial charge is 0.445 e. The van der Waals surface area contributed by atoms with Crippen molar-refractivity contribution in [2.45, 2.75) is 25.2 Å². The number of non-ortho nitro benzene ring substituents is 1. The molecule has 1 amide bonds. The number of hydrogen-bond donors (Lipinski definition) is 3. The first kappa shape index (κ1) is 20.6. The molecule has 0 saturated carbocycles. The topological polar surface area (TPSA) is 122 Å². The first-order valence-electron chi connectivity index (χ1n) is 8.13. The zero-order chi connectivity index (χ0) is 19.8. The van der Waals surface area contributed by atoms with Gasteiger partial charge in [0.05, 0.1) is 11.0 Å². The van der Waals surface area contributed by atoms with Crippen molar-refractivity contribution < 1.29 is 24.7 Å². The number of aliphatic hydroxyl groups excluding tert-OH is 2. The standard InChI is InChI=1S/C18H19ClN2O6/c19-15-7-6-13(21(25)26)10-14(15)17(23)16(22)8-9-20-18(24)27-11-12-4-2-1-3-5-12/h1-7,10,16-17,22-23H,8-9,11H2,(H,20,24). The van der Waals surface area contributed by atoms with E-state index in [0.717, 1.165) is 11.6 Å². The molecular weight excluding hydrogens is 376 g/mol. The fourth-order valence-corrected chi connectivity index (χ4v) is 2.56. The number of alkyl carbamates (subject to hydrolysis) is 1. The molecule has 2 atom stereocenters. The fraction of sp³-hybridized carbons (Fsp3) is 0.278. The number of benzene rings is 2. The summed E-state index contributed by atoms with van der Waals surface area (Å²) < 4.78 is 5.03. The van der Waals surface area contributed by atoms with Gasteiger partial charge < -0.3 is 20.3 Å². The van der Waals surface area contributed by atoms with Crippen LogP contribution in [0.5, 0.6) is 0 Å². The van der Waals surface area contributed by atoms with E-state index >= 15 is 0 Å². The van der Waals surface area contributed by atoms with Crippen molar-refractivity contribution in [3.05, 3.63) is 74.8 Å². The molecule has 2 aromatic carbocycles. The molecule has 0 aliphatic rings. The average molecular weight is 395 g/mol. The zero-order valence-electron chi connectivity index (χ0n) is 14.2. The number of nitrogens with one attached hydrogen (secondary N) is 1. The second kappa shape index (κ2) is 9.86. The number of halogens is 1. The molecule has 9 heteroatoms. The number of ether oxygens (including phenoxy) is 1. The number of nitro benzene ring substituents is 1. The lowest BCUT2D eigenvalue weighted by atomic mass is 10.0. The Morgan fingerprint density at radius 3 is 2.59 bits per heavy atom. The second-order valence-electron chi connectivity index (χ2n) is 5.75. The molecule has 0 heterocycles. The highest BCUT2D eigenvalue weighted by atomic mass is 35.5. The van der Waals surface area contributed by atoms with Crippen LogP contribution in [0.4, 0.5) is 10.5 Å². The van der Waals surface area contributed by atoms with E-state index in [0.29, 0.717) is 0 Å². The fourth-order valence-electron chi connectivity index (χ4n) is 2.33. The Morgan fingerprint density at radius 1 is 1.22 bits per heavy atom. The minimum atomic E-state index is -1.43. The van der Waals surface area contributed by atoms with Gasteiger partial charge in [0.2, 0.25) is 0 Å². The zero-order valence-corrected chi connectivity index (χ0v) is 15.0. The van der Waals surface area contributed by atoms with Gasteiger partial charge in [0.1, 0.15) is 12.7 Å². The molecule has 0 saturated heterocycles. The normalized spacial score (nSPS) is 12.9. The molecular formula is C18H19ClN2O6. The summed E-state index contributed by atoms with van der Waals surface area (Å²) in [7, 11) is 0. The van der Waals surface area contributed by atoms with Gasteiger partial charge in [-0.2, -0.15) is 0 Å². The Hall–Kier alpha value is -2.68. The molecule has 3 N–H and O–H groups in total. The Bertz CT molecular complexity index is 787. The number of nitrogens with zero attached hydrogens (tertiary/aromatic N) is 1. The van der Waals surface area contributed by atoms with Gasteiger partial charge in [-0.3, -0.25) is 10.1 Å². The lowest BCUT2D eigenvalue weighted by molar-refractivity contribution is -0.385. The molecule has 144 valence electrons. The SMILES string of the molecule is O=C(NCCC(O)C(O)c1cc([N+](=O)[O-])ccc1Cl)OCc1ccccc1. The van der Waals surface area contributed by atoms with Crippen LogP contribution in [0.25, 0.3) is 0 Å². The molecule has 0 fully saturated rings. The third-order valence-corrected chi connectivity index (χ3v) is 4.14. The van der Waals surface area contributed by atoms with Gasteiger partial charge in [-0.15, -0.1) is 0 Å². The molecule has 2 rings (SSSR count). The van der Waals surface area contributed by atoms with E-state index < -0.39 is 23.2 Å². The summed E-state index contributed by atoms with van der Waals surface area (Å²) in [6.45, 7) is 0.152. The van der Waals surface area contributed by atoms with Gasteiger partial charge in [0.25, 0.3) is 5.69 Å². The highest BCUT2D eigenvalue weighted by Gasteiger charge is 2.23. The van der Waals surface area contributed by atoms with E-state index in [1.807, 2.05) is 30.3 Å². The Morgan fingerprint density at radius 2 is 1.93 bits per heavy atom. The van der Waals surface area contributed by atoms with Crippen molar-refractivity contribution in [1.82, 2.24) is 5.32 Å². The maximum Gasteiger partial charge on any atom is 0.407 e. The van der Waals surface area contributed by atoms with Crippen LogP contribution in [-0.4, -0.2) is 33.9 Å². The lowest BCUT2D eigenvalue weighted by Gasteiger charge is -2.19. The van der Waals surface area contributed by atoms with Gasteiger partial charge in [-0.05, 0) is 18.1 Å². The molecule has 8 nitrogen and oxygen atoms in total. The van der Waals surface area contributed by atoms with Gasteiger partial charge in [-0.25, -0.2) is 4.79 Å². The third kappa shape index (κ3) is 6.21. The number of hydrogen-bond acceptors (Lipinski definition) is 6. The molecule has 2 unspecified atom stereocenters. The van der Waals surface area contributed by atoms with Crippen LogP contribution >= 0.6 is 11.6 Å². The van der Waals surface area contributed by atoms with Crippen molar-refractivity contribution in [3.63, 3.8) is 0 Å². The molecule has 0 aliphatic heterocycles. The molecule has 0 spiro atoms. The number of carbonyl (C=O) groups is 1. The predicted octanol–water partition coefficient (Wildman–Crippen LogP) is 2.96. The van der Waals surface area contributed by atoms with E-state index in [1.54, 1.807) is 0 Å². The van der Waals surface area contributed by atoms with Gasteiger partial charge in [0, 0.05) is 29.3 Å². The summed E-state index contributed by atoms with van der Waals surface area (Å²) in [4.78, 5) is 21.8. The van der Waals surface area contributed by atoms with Crippen LogP contribution in [0.2, 0.25) is 5.02 Å². The van der Waals surface area contributed by atoms with E-state index in [-0.39, 0.29) is 35.8 Å². The minimum Gasteiger partial charge on any atom is -0.445 e. The summed E-state index contributed by atoms with van der Waals surface area (Å²) in [5.41, 5.74) is 0.636. The van der Waals surface area contributed by atoms with Crippen LogP contribution < -0.4 is 5.32 Å². The van der Waals surface area contributed by atoms with E-state index in [2.05, 4.69) is 5.32 Å². The van der Waals surface area contributed by atoms with Crippen LogP contribution in [0.1, 0.15) is 23.7 Å². The first-order chi connectivity index (χ1) is 12.9. The van der Waals surface area contributed by atoms with Crippen LogP contribution in [-0.2, 0) is 11.3 Å². The average Bonchev–Trinajstić information content (AvgIpc) is 2.66. The second-order valence-corrected chi connectivity index (χ2v) is 6.16. The van der Waals surface area contributed by atoms with Gasteiger partial charge in [0.15, 0.2) is 0 Å². The van der Waals surface area contributed by atoms with E-state index in [9.17, 15) is 25.1 Å². The summed E-state index contributed by atoms with van der Waals surface area (Å²) in [6, 6.07) is 12.7. The number of carbonyl (C=O) groups excluding carboxylic acids is 1. The third-order valence-electron chi connectivity index (χ3n) is 3.80. The smallest absolute Gasteiger partial charge is 0.407 e. The van der Waals surface area contributed by atoms with Crippen molar-refractivity contribution in [2.24, 2.45) is 0 Å². The van der Waals surface area contributed by atoms with Crippen molar-refractivity contribution in [1.29, 1.82) is 0 Å². The van der Waals surface area contributed by atoms with Crippen molar-refractivity contribution >= 4 is 23.4 Å². The minimum absolute atomic E-state index is 0.000619. The van der Waals surface area contributed by atoms with Crippen LogP contribution in [0.3, 0.4) is 0 Å². The van der Waals surface area contributed by atoms with E-state index in [1.165, 1.54) is 12.1 Å². The molecule has 27 heavy (non-hydrogen) atoms. The molecule has 0 aromatic heterocycles.